The van der Waals surface area contributed by atoms with E-state index in [0.29, 0.717) is 10.9 Å². The van der Waals surface area contributed by atoms with E-state index in [1.54, 1.807) is 0 Å². The second-order valence-corrected chi connectivity index (χ2v) is 7.66. The Morgan fingerprint density at radius 3 is 2.54 bits per heavy atom. The van der Waals surface area contributed by atoms with E-state index in [-0.39, 0.29) is 5.95 Å². The van der Waals surface area contributed by atoms with E-state index >= 15 is 0 Å². The molecule has 0 radical (unpaired) electrons. The van der Waals surface area contributed by atoms with Crippen LogP contribution >= 0.6 is 11.8 Å². The molecule has 0 spiro atoms. The highest BCUT2D eigenvalue weighted by atomic mass is 32.2. The Labute approximate surface area is 153 Å². The predicted octanol–water partition coefficient (Wildman–Crippen LogP) is 2.81. The van der Waals surface area contributed by atoms with Gasteiger partial charge in [0.15, 0.2) is 4.90 Å². The molecule has 0 aliphatic carbocycles. The van der Waals surface area contributed by atoms with Crippen LogP contribution < -0.4 is 4.72 Å². The first kappa shape index (κ1) is 17.9. The number of nitrogens with one attached hydrogen (secondary N) is 2. The van der Waals surface area contributed by atoms with Gasteiger partial charge >= 0.3 is 0 Å². The summed E-state index contributed by atoms with van der Waals surface area (Å²) in [4.78, 5) is 13.9. The molecule has 0 saturated heterocycles. The number of benzene rings is 2. The largest absolute Gasteiger partial charge is 0.289 e. The minimum Gasteiger partial charge on any atom is -0.258 e. The van der Waals surface area contributed by atoms with Crippen molar-refractivity contribution < 1.29 is 13.3 Å². The standard InChI is InChI=1S/C15H13N5O4S2/c21-20(22)12-8-4-5-9-13(12)26(23,24)19-14-16-15(18-17-14)25-10-11-6-2-1-3-7-11/h1-9H,10H2,(H2,16,17,18,19). The minimum absolute atomic E-state index is 0.112. The second-order valence-electron chi connectivity index (χ2n) is 5.07. The first-order valence-corrected chi connectivity index (χ1v) is 9.78. The molecule has 1 heterocycles. The molecule has 0 bridgehead atoms. The number of H-pyrrole nitrogens is 1. The van der Waals surface area contributed by atoms with E-state index in [0.717, 1.165) is 17.7 Å². The van der Waals surface area contributed by atoms with Crippen LogP contribution in [-0.2, 0) is 15.8 Å². The number of hydrogen-bond acceptors (Lipinski definition) is 7. The van der Waals surface area contributed by atoms with Gasteiger partial charge in [-0.1, -0.05) is 54.2 Å². The molecule has 3 rings (SSSR count). The molecule has 1 aromatic heterocycles. The number of thioether (sulfide) groups is 1. The van der Waals surface area contributed by atoms with Crippen molar-refractivity contribution in [3.8, 4) is 0 Å². The number of para-hydroxylation sites is 1. The molecule has 3 aromatic rings. The number of sulfonamides is 1. The number of aromatic amines is 1. The van der Waals surface area contributed by atoms with Crippen molar-refractivity contribution in [3.05, 3.63) is 70.3 Å². The van der Waals surface area contributed by atoms with Gasteiger partial charge in [-0.25, -0.2) is 18.2 Å². The lowest BCUT2D eigenvalue weighted by molar-refractivity contribution is -0.387. The van der Waals surface area contributed by atoms with Gasteiger partial charge in [-0.15, -0.1) is 5.10 Å². The maximum atomic E-state index is 12.4. The second kappa shape index (κ2) is 7.54. The Morgan fingerprint density at radius 1 is 1.12 bits per heavy atom. The van der Waals surface area contributed by atoms with E-state index in [1.165, 1.54) is 23.9 Å². The van der Waals surface area contributed by atoms with Crippen molar-refractivity contribution in [2.24, 2.45) is 0 Å². The molecule has 2 N–H and O–H groups in total. The van der Waals surface area contributed by atoms with Gasteiger partial charge in [-0.05, 0) is 11.6 Å². The third kappa shape index (κ3) is 4.18. The maximum absolute atomic E-state index is 12.4. The number of nitro benzene ring substituents is 1. The predicted molar refractivity (Wildman–Crippen MR) is 96.3 cm³/mol. The highest BCUT2D eigenvalue weighted by molar-refractivity contribution is 7.98. The Bertz CT molecular complexity index is 1020. The number of nitrogens with zero attached hydrogens (tertiary/aromatic N) is 3. The number of aromatic nitrogens is 3. The van der Waals surface area contributed by atoms with Crippen LogP contribution in [0.3, 0.4) is 0 Å². The molecule has 11 heteroatoms. The van der Waals surface area contributed by atoms with E-state index in [9.17, 15) is 18.5 Å². The van der Waals surface area contributed by atoms with Gasteiger partial charge in [0.05, 0.1) is 4.92 Å². The fourth-order valence-electron chi connectivity index (χ4n) is 2.10. The quantitative estimate of drug-likeness (QED) is 0.360. The van der Waals surface area contributed by atoms with Gasteiger partial charge in [0, 0.05) is 11.8 Å². The molecular formula is C15H13N5O4S2. The summed E-state index contributed by atoms with van der Waals surface area (Å²) in [7, 11) is -4.18. The normalized spacial score (nSPS) is 11.2. The van der Waals surface area contributed by atoms with Crippen molar-refractivity contribution in [1.82, 2.24) is 15.2 Å². The zero-order valence-electron chi connectivity index (χ0n) is 13.2. The monoisotopic (exact) mass is 391 g/mol. The lowest BCUT2D eigenvalue weighted by atomic mass is 10.2. The van der Waals surface area contributed by atoms with Crippen molar-refractivity contribution >= 4 is 33.4 Å². The maximum Gasteiger partial charge on any atom is 0.289 e. The average Bonchev–Trinajstić information content (AvgIpc) is 3.07. The third-order valence-electron chi connectivity index (χ3n) is 3.26. The van der Waals surface area contributed by atoms with Crippen molar-refractivity contribution in [3.63, 3.8) is 0 Å². The summed E-state index contributed by atoms with van der Waals surface area (Å²) in [6.45, 7) is 0. The molecule has 134 valence electrons. The van der Waals surface area contributed by atoms with E-state index in [2.05, 4.69) is 19.9 Å². The van der Waals surface area contributed by atoms with Crippen LogP contribution in [0.1, 0.15) is 5.56 Å². The molecule has 0 amide bonds. The highest BCUT2D eigenvalue weighted by Gasteiger charge is 2.26. The molecule has 0 aliphatic rings. The first-order chi connectivity index (χ1) is 12.5. The molecule has 2 aromatic carbocycles. The first-order valence-electron chi connectivity index (χ1n) is 7.31. The summed E-state index contributed by atoms with van der Waals surface area (Å²) in [5.41, 5.74) is 0.558. The highest BCUT2D eigenvalue weighted by Crippen LogP contribution is 2.25. The average molecular weight is 391 g/mol. The van der Waals surface area contributed by atoms with Crippen molar-refractivity contribution in [2.75, 3.05) is 4.72 Å². The van der Waals surface area contributed by atoms with Crippen LogP contribution in [0.25, 0.3) is 0 Å². The molecule has 26 heavy (non-hydrogen) atoms. The molecule has 0 atom stereocenters. The van der Waals surface area contributed by atoms with Crippen molar-refractivity contribution in [1.29, 1.82) is 0 Å². The van der Waals surface area contributed by atoms with Crippen LogP contribution in [0.15, 0.2) is 64.6 Å². The summed E-state index contributed by atoms with van der Waals surface area (Å²) >= 11 is 1.33. The van der Waals surface area contributed by atoms with Gasteiger partial charge in [0.1, 0.15) is 0 Å². The third-order valence-corrected chi connectivity index (χ3v) is 5.56. The summed E-state index contributed by atoms with van der Waals surface area (Å²) in [6.07, 6.45) is 0. The molecule has 9 nitrogen and oxygen atoms in total. The zero-order valence-corrected chi connectivity index (χ0v) is 14.8. The fraction of sp³-hybridized carbons (Fsp3) is 0.0667. The molecule has 0 unspecified atom stereocenters. The Balaban J connectivity index is 1.73. The van der Waals surface area contributed by atoms with E-state index in [4.69, 9.17) is 0 Å². The van der Waals surface area contributed by atoms with Crippen LogP contribution in [0.4, 0.5) is 11.6 Å². The van der Waals surface area contributed by atoms with E-state index in [1.807, 2.05) is 30.3 Å². The van der Waals surface area contributed by atoms with Crippen LogP contribution in [0, 0.1) is 10.1 Å². The van der Waals surface area contributed by atoms with Crippen LogP contribution in [-0.4, -0.2) is 28.5 Å². The van der Waals surface area contributed by atoms with Gasteiger partial charge in [-0.3, -0.25) is 10.1 Å². The Kier molecular flexibility index (Phi) is 5.19. The molecule has 0 saturated carbocycles. The Morgan fingerprint density at radius 2 is 1.81 bits per heavy atom. The number of nitro groups is 1. The summed E-state index contributed by atoms with van der Waals surface area (Å²) < 4.78 is 27.0. The summed E-state index contributed by atoms with van der Waals surface area (Å²) in [5.74, 6) is 0.508. The topological polar surface area (TPSA) is 131 Å². The van der Waals surface area contributed by atoms with Gasteiger partial charge in [0.2, 0.25) is 11.1 Å². The zero-order chi connectivity index (χ0) is 18.6. The summed E-state index contributed by atoms with van der Waals surface area (Å²) in [5, 5.41) is 17.8. The lowest BCUT2D eigenvalue weighted by Gasteiger charge is -2.05. The Hall–Kier alpha value is -2.92. The van der Waals surface area contributed by atoms with Crippen LogP contribution in [0.2, 0.25) is 0 Å². The molecule has 0 fully saturated rings. The minimum atomic E-state index is -4.18. The summed E-state index contributed by atoms with van der Waals surface area (Å²) in [6, 6.07) is 14.7. The number of anilines is 1. The fourth-order valence-corrected chi connectivity index (χ4v) is 3.98. The number of rotatable bonds is 7. The smallest absolute Gasteiger partial charge is 0.258 e. The SMILES string of the molecule is O=[N+]([O-])c1ccccc1S(=O)(=O)Nc1nc(SCc2ccccc2)n[nH]1. The molecular weight excluding hydrogens is 378 g/mol. The van der Waals surface area contributed by atoms with Gasteiger partial charge in [-0.2, -0.15) is 4.98 Å². The number of hydrogen-bond donors (Lipinski definition) is 2. The van der Waals surface area contributed by atoms with Crippen molar-refractivity contribution in [2.45, 2.75) is 15.8 Å². The molecule has 0 aliphatic heterocycles. The lowest BCUT2D eigenvalue weighted by Crippen LogP contribution is -2.15. The van der Waals surface area contributed by atoms with Gasteiger partial charge in [0.25, 0.3) is 15.7 Å². The van der Waals surface area contributed by atoms with E-state index < -0.39 is 25.5 Å². The van der Waals surface area contributed by atoms with Gasteiger partial charge < -0.3 is 0 Å². The van der Waals surface area contributed by atoms with Crippen LogP contribution in [0.5, 0.6) is 0 Å².